The third-order valence-corrected chi connectivity index (χ3v) is 4.23. The van der Waals surface area contributed by atoms with Crippen LogP contribution in [-0.2, 0) is 13.1 Å². The molecule has 1 aromatic carbocycles. The van der Waals surface area contributed by atoms with Gasteiger partial charge in [0.15, 0.2) is 0 Å². The average Bonchev–Trinajstić information content (AvgIpc) is 2.99. The first-order valence-corrected chi connectivity index (χ1v) is 7.71. The van der Waals surface area contributed by atoms with Crippen molar-refractivity contribution in [1.29, 1.82) is 0 Å². The van der Waals surface area contributed by atoms with Crippen LogP contribution in [0.1, 0.15) is 17.4 Å². The Bertz CT molecular complexity index is 599. The number of nitro groups is 1. The summed E-state index contributed by atoms with van der Waals surface area (Å²) < 4.78 is 0. The molecule has 1 heterocycles. The number of nitrogens with zero attached hydrogens (tertiary/aromatic N) is 2. The Labute approximate surface area is 128 Å². The van der Waals surface area contributed by atoms with Crippen molar-refractivity contribution in [2.75, 3.05) is 18.9 Å². The minimum atomic E-state index is -0.349. The molecule has 2 rings (SSSR count). The van der Waals surface area contributed by atoms with Gasteiger partial charge in [0.25, 0.3) is 5.69 Å². The number of rotatable bonds is 7. The first kappa shape index (κ1) is 15.5. The first-order chi connectivity index (χ1) is 10.1. The van der Waals surface area contributed by atoms with Gasteiger partial charge in [0.1, 0.15) is 0 Å². The smallest absolute Gasteiger partial charge is 0.269 e. The summed E-state index contributed by atoms with van der Waals surface area (Å²) in [6, 6.07) is 9.11. The molecule has 5 nitrogen and oxygen atoms in total. The Morgan fingerprint density at radius 1 is 1.33 bits per heavy atom. The zero-order valence-corrected chi connectivity index (χ0v) is 13.0. The summed E-state index contributed by atoms with van der Waals surface area (Å²) in [5.74, 6) is 0. The second-order valence-electron chi connectivity index (χ2n) is 4.73. The van der Waals surface area contributed by atoms with E-state index in [1.807, 2.05) is 13.1 Å². The van der Waals surface area contributed by atoms with E-state index in [1.54, 1.807) is 23.5 Å². The number of thiophene rings is 1. The molecule has 0 saturated carbocycles. The van der Waals surface area contributed by atoms with Crippen LogP contribution in [0.3, 0.4) is 0 Å². The van der Waals surface area contributed by atoms with E-state index in [-0.39, 0.29) is 10.6 Å². The maximum absolute atomic E-state index is 10.9. The minimum Gasteiger partial charge on any atom is -0.388 e. The lowest BCUT2D eigenvalue weighted by Crippen LogP contribution is -2.22. The highest BCUT2D eigenvalue weighted by molar-refractivity contribution is 7.09. The van der Waals surface area contributed by atoms with E-state index >= 15 is 0 Å². The summed E-state index contributed by atoms with van der Waals surface area (Å²) in [6.45, 7) is 4.54. The second kappa shape index (κ2) is 7.19. The van der Waals surface area contributed by atoms with Crippen LogP contribution < -0.4 is 5.32 Å². The quantitative estimate of drug-likeness (QED) is 0.625. The zero-order valence-electron chi connectivity index (χ0n) is 12.2. The van der Waals surface area contributed by atoms with Crippen LogP contribution >= 0.6 is 11.3 Å². The van der Waals surface area contributed by atoms with E-state index in [0.29, 0.717) is 6.54 Å². The molecule has 0 spiro atoms. The molecule has 0 aliphatic carbocycles. The Morgan fingerprint density at radius 3 is 2.71 bits per heavy atom. The van der Waals surface area contributed by atoms with Crippen LogP contribution in [-0.4, -0.2) is 23.4 Å². The largest absolute Gasteiger partial charge is 0.388 e. The molecule has 6 heteroatoms. The van der Waals surface area contributed by atoms with Crippen LogP contribution in [0.25, 0.3) is 0 Å². The Morgan fingerprint density at radius 2 is 2.14 bits per heavy atom. The average molecular weight is 305 g/mol. The topological polar surface area (TPSA) is 58.4 Å². The molecule has 0 fully saturated rings. The molecule has 0 radical (unpaired) electrons. The molecule has 1 N–H and O–H groups in total. The molecular formula is C15H19N3O2S. The summed E-state index contributed by atoms with van der Waals surface area (Å²) in [5, 5.41) is 16.1. The van der Waals surface area contributed by atoms with Crippen LogP contribution in [0.15, 0.2) is 35.7 Å². The zero-order chi connectivity index (χ0) is 15.2. The molecule has 0 aliphatic rings. The fraction of sp³-hybridized carbons (Fsp3) is 0.333. The van der Waals surface area contributed by atoms with Gasteiger partial charge in [-0.05, 0) is 29.6 Å². The number of nitro benzene ring substituents is 1. The molecule has 112 valence electrons. The van der Waals surface area contributed by atoms with Crippen molar-refractivity contribution in [3.05, 3.63) is 56.3 Å². The summed E-state index contributed by atoms with van der Waals surface area (Å²) in [5.41, 5.74) is 2.02. The van der Waals surface area contributed by atoms with Crippen molar-refractivity contribution < 1.29 is 4.92 Å². The number of anilines is 1. The first-order valence-electron chi connectivity index (χ1n) is 6.83. The van der Waals surface area contributed by atoms with Crippen LogP contribution in [0.4, 0.5) is 11.4 Å². The van der Waals surface area contributed by atoms with E-state index in [4.69, 9.17) is 0 Å². The molecule has 0 atom stereocenters. The molecule has 0 unspecified atom stereocenters. The molecule has 0 saturated heterocycles. The fourth-order valence-electron chi connectivity index (χ4n) is 2.21. The number of hydrogen-bond acceptors (Lipinski definition) is 5. The monoisotopic (exact) mass is 305 g/mol. The van der Waals surface area contributed by atoms with Gasteiger partial charge in [-0.2, -0.15) is 0 Å². The van der Waals surface area contributed by atoms with Crippen molar-refractivity contribution in [2.45, 2.75) is 20.0 Å². The number of non-ortho nitro benzene ring substituents is 1. The molecule has 0 aliphatic heterocycles. The lowest BCUT2D eigenvalue weighted by Gasteiger charge is -2.21. The maximum Gasteiger partial charge on any atom is 0.269 e. The van der Waals surface area contributed by atoms with E-state index in [2.05, 4.69) is 28.6 Å². The normalized spacial score (nSPS) is 10.8. The van der Waals surface area contributed by atoms with E-state index in [9.17, 15) is 10.1 Å². The number of hydrogen-bond donors (Lipinski definition) is 1. The Hall–Kier alpha value is -1.92. The van der Waals surface area contributed by atoms with E-state index in [0.717, 1.165) is 24.3 Å². The lowest BCUT2D eigenvalue weighted by atomic mass is 10.1. The molecule has 0 bridgehead atoms. The fourth-order valence-corrected chi connectivity index (χ4v) is 2.96. The SMILES string of the molecule is CCN(Cc1cccs1)Cc1cc([N+](=O)[O-])ccc1NC. The highest BCUT2D eigenvalue weighted by Crippen LogP contribution is 2.24. The van der Waals surface area contributed by atoms with Gasteiger partial charge in [0.2, 0.25) is 0 Å². The van der Waals surface area contributed by atoms with Gasteiger partial charge in [-0.15, -0.1) is 11.3 Å². The maximum atomic E-state index is 10.9. The van der Waals surface area contributed by atoms with Crippen LogP contribution in [0, 0.1) is 10.1 Å². The van der Waals surface area contributed by atoms with Crippen molar-refractivity contribution in [2.24, 2.45) is 0 Å². The summed E-state index contributed by atoms with van der Waals surface area (Å²) in [4.78, 5) is 14.2. The van der Waals surface area contributed by atoms with Gasteiger partial charge in [0.05, 0.1) is 4.92 Å². The number of benzene rings is 1. The highest BCUT2D eigenvalue weighted by atomic mass is 32.1. The van der Waals surface area contributed by atoms with Gasteiger partial charge >= 0.3 is 0 Å². The van der Waals surface area contributed by atoms with Crippen molar-refractivity contribution in [3.63, 3.8) is 0 Å². The minimum absolute atomic E-state index is 0.135. The molecule has 1 aromatic heterocycles. The van der Waals surface area contributed by atoms with Crippen molar-refractivity contribution in [1.82, 2.24) is 4.90 Å². The third kappa shape index (κ3) is 4.03. The highest BCUT2D eigenvalue weighted by Gasteiger charge is 2.13. The molecule has 2 aromatic rings. The van der Waals surface area contributed by atoms with Gasteiger partial charge in [0, 0.05) is 42.8 Å². The van der Waals surface area contributed by atoms with E-state index in [1.165, 1.54) is 10.9 Å². The molecular weight excluding hydrogens is 286 g/mol. The Balaban J connectivity index is 2.18. The van der Waals surface area contributed by atoms with Gasteiger partial charge in [-0.25, -0.2) is 0 Å². The van der Waals surface area contributed by atoms with Gasteiger partial charge in [-0.3, -0.25) is 15.0 Å². The lowest BCUT2D eigenvalue weighted by molar-refractivity contribution is -0.384. The predicted molar refractivity (Wildman–Crippen MR) is 86.8 cm³/mol. The van der Waals surface area contributed by atoms with Crippen LogP contribution in [0.2, 0.25) is 0 Å². The Kier molecular flexibility index (Phi) is 5.30. The van der Waals surface area contributed by atoms with Gasteiger partial charge < -0.3 is 5.32 Å². The standard InChI is InChI=1S/C15H19N3O2S/c1-3-17(11-14-5-4-8-21-14)10-12-9-13(18(19)20)6-7-15(12)16-2/h4-9,16H,3,10-11H2,1-2H3. The second-order valence-corrected chi connectivity index (χ2v) is 5.76. The number of nitrogens with one attached hydrogen (secondary N) is 1. The summed E-state index contributed by atoms with van der Waals surface area (Å²) in [7, 11) is 1.83. The predicted octanol–water partition coefficient (Wildman–Crippen LogP) is 3.72. The van der Waals surface area contributed by atoms with Crippen molar-refractivity contribution >= 4 is 22.7 Å². The third-order valence-electron chi connectivity index (χ3n) is 3.37. The molecule has 21 heavy (non-hydrogen) atoms. The summed E-state index contributed by atoms with van der Waals surface area (Å²) in [6.07, 6.45) is 0. The van der Waals surface area contributed by atoms with Crippen LogP contribution in [0.5, 0.6) is 0 Å². The van der Waals surface area contributed by atoms with Gasteiger partial charge in [-0.1, -0.05) is 13.0 Å². The van der Waals surface area contributed by atoms with E-state index < -0.39 is 0 Å². The summed E-state index contributed by atoms with van der Waals surface area (Å²) >= 11 is 1.73. The van der Waals surface area contributed by atoms with Crippen molar-refractivity contribution in [3.8, 4) is 0 Å². The molecule has 0 amide bonds.